The van der Waals surface area contributed by atoms with Gasteiger partial charge in [0, 0.05) is 40.8 Å². The molecule has 1 aromatic rings. The third-order valence-corrected chi connectivity index (χ3v) is 5.84. The quantitative estimate of drug-likeness (QED) is 0.583. The Morgan fingerprint density at radius 2 is 2.08 bits per heavy atom. The van der Waals surface area contributed by atoms with E-state index >= 15 is 0 Å². The third-order valence-electron chi connectivity index (χ3n) is 3.92. The first-order valence-corrected chi connectivity index (χ1v) is 9.45. The van der Waals surface area contributed by atoms with E-state index in [-0.39, 0.29) is 6.10 Å². The number of hydrogen-bond donors (Lipinski definition) is 2. The lowest BCUT2D eigenvalue weighted by atomic mass is 10.2. The molecule has 0 spiro atoms. The van der Waals surface area contributed by atoms with Crippen LogP contribution in [-0.2, 0) is 21.3 Å². The molecule has 0 amide bonds. The Kier molecular flexibility index (Phi) is 6.59. The molecule has 1 fully saturated rings. The second-order valence-electron chi connectivity index (χ2n) is 5.84. The van der Waals surface area contributed by atoms with Gasteiger partial charge in [0.05, 0.1) is 11.0 Å². The Balaban J connectivity index is 2.00. The predicted molar refractivity (Wildman–Crippen MR) is 94.5 cm³/mol. The summed E-state index contributed by atoms with van der Waals surface area (Å²) in [5, 5.41) is 6.38. The lowest BCUT2D eigenvalue weighted by Gasteiger charge is -2.18. The van der Waals surface area contributed by atoms with Crippen molar-refractivity contribution in [2.24, 2.45) is 4.99 Å². The lowest BCUT2D eigenvalue weighted by Crippen LogP contribution is -2.40. The number of sulfonamides is 1. The number of guanidine groups is 1. The molecular weight excluding hydrogens is 328 g/mol. The van der Waals surface area contributed by atoms with Crippen LogP contribution in [0.15, 0.2) is 34.2 Å². The Labute approximate surface area is 144 Å². The van der Waals surface area contributed by atoms with Gasteiger partial charge in [0.15, 0.2) is 5.96 Å². The first kappa shape index (κ1) is 18.7. The molecule has 1 atom stereocenters. The van der Waals surface area contributed by atoms with Crippen LogP contribution < -0.4 is 10.6 Å². The number of nitrogens with zero attached hydrogens (tertiary/aromatic N) is 2. The van der Waals surface area contributed by atoms with E-state index < -0.39 is 10.0 Å². The zero-order valence-corrected chi connectivity index (χ0v) is 15.3. The number of benzene rings is 1. The number of rotatable bonds is 6. The molecule has 0 saturated carbocycles. The van der Waals surface area contributed by atoms with Gasteiger partial charge in [0.1, 0.15) is 0 Å². The second kappa shape index (κ2) is 8.46. The molecule has 0 radical (unpaired) electrons. The Morgan fingerprint density at radius 1 is 1.33 bits per heavy atom. The highest BCUT2D eigenvalue weighted by atomic mass is 32.2. The third kappa shape index (κ3) is 4.68. The Bertz CT molecular complexity index is 668. The topological polar surface area (TPSA) is 83.0 Å². The smallest absolute Gasteiger partial charge is 0.242 e. The highest BCUT2D eigenvalue weighted by Crippen LogP contribution is 2.18. The maximum atomic E-state index is 12.4. The van der Waals surface area contributed by atoms with Gasteiger partial charge in [-0.2, -0.15) is 0 Å². The molecule has 1 unspecified atom stereocenters. The van der Waals surface area contributed by atoms with Crippen LogP contribution in [0.2, 0.25) is 0 Å². The molecule has 7 nitrogen and oxygen atoms in total. The normalized spacial score (nSPS) is 18.8. The number of aliphatic imine (C=N–C) groups is 1. The first-order valence-electron chi connectivity index (χ1n) is 8.01. The summed E-state index contributed by atoms with van der Waals surface area (Å²) < 4.78 is 31.6. The van der Waals surface area contributed by atoms with Crippen molar-refractivity contribution in [3.05, 3.63) is 29.8 Å². The van der Waals surface area contributed by atoms with Crippen molar-refractivity contribution in [2.75, 3.05) is 34.3 Å². The average molecular weight is 354 g/mol. The Hall–Kier alpha value is -1.64. The standard InChI is InChI=1S/C16H26N4O3S/c1-17-16(19-12-14-8-6-10-23-14)18-11-13-7-4-5-9-15(13)24(21,22)20(2)3/h4-5,7,9,14H,6,8,10-12H2,1-3H3,(H2,17,18,19). The SMILES string of the molecule is CN=C(NCc1ccccc1S(=O)(=O)N(C)C)NCC1CCCO1. The Morgan fingerprint density at radius 3 is 2.71 bits per heavy atom. The van der Waals surface area contributed by atoms with Crippen LogP contribution in [0.3, 0.4) is 0 Å². The van der Waals surface area contributed by atoms with Crippen LogP contribution >= 0.6 is 0 Å². The van der Waals surface area contributed by atoms with Gasteiger partial charge in [-0.05, 0) is 24.5 Å². The fourth-order valence-electron chi connectivity index (χ4n) is 2.51. The zero-order valence-electron chi connectivity index (χ0n) is 14.4. The van der Waals surface area contributed by atoms with Crippen molar-refractivity contribution in [3.63, 3.8) is 0 Å². The van der Waals surface area contributed by atoms with E-state index in [4.69, 9.17) is 4.74 Å². The van der Waals surface area contributed by atoms with Gasteiger partial charge in [-0.15, -0.1) is 0 Å². The maximum Gasteiger partial charge on any atom is 0.242 e. The van der Waals surface area contributed by atoms with Gasteiger partial charge in [0.2, 0.25) is 10.0 Å². The molecule has 0 bridgehead atoms. The zero-order chi connectivity index (χ0) is 17.6. The van der Waals surface area contributed by atoms with Crippen molar-refractivity contribution < 1.29 is 13.2 Å². The van der Waals surface area contributed by atoms with Gasteiger partial charge in [-0.1, -0.05) is 18.2 Å². The summed E-state index contributed by atoms with van der Waals surface area (Å²) in [7, 11) is 1.27. The summed E-state index contributed by atoms with van der Waals surface area (Å²) in [6, 6.07) is 6.98. The maximum absolute atomic E-state index is 12.4. The van der Waals surface area contributed by atoms with Gasteiger partial charge >= 0.3 is 0 Å². The molecule has 1 saturated heterocycles. The van der Waals surface area contributed by atoms with Crippen molar-refractivity contribution in [1.82, 2.24) is 14.9 Å². The van der Waals surface area contributed by atoms with E-state index in [2.05, 4.69) is 15.6 Å². The molecular formula is C16H26N4O3S. The van der Waals surface area contributed by atoms with E-state index in [0.717, 1.165) is 19.4 Å². The molecule has 2 rings (SSSR count). The summed E-state index contributed by atoms with van der Waals surface area (Å²) in [6.07, 6.45) is 2.35. The van der Waals surface area contributed by atoms with E-state index in [1.807, 2.05) is 6.07 Å². The highest BCUT2D eigenvalue weighted by Gasteiger charge is 2.21. The van der Waals surface area contributed by atoms with Crippen LogP contribution in [0.4, 0.5) is 0 Å². The highest BCUT2D eigenvalue weighted by molar-refractivity contribution is 7.89. The fraction of sp³-hybridized carbons (Fsp3) is 0.562. The lowest BCUT2D eigenvalue weighted by molar-refractivity contribution is 0.114. The van der Waals surface area contributed by atoms with Gasteiger partial charge in [0.25, 0.3) is 0 Å². The monoisotopic (exact) mass is 354 g/mol. The molecule has 0 aliphatic carbocycles. The summed E-state index contributed by atoms with van der Waals surface area (Å²) >= 11 is 0. The predicted octanol–water partition coefficient (Wildman–Crippen LogP) is 0.781. The molecule has 1 aliphatic heterocycles. The van der Waals surface area contributed by atoms with Gasteiger partial charge in [-0.3, -0.25) is 4.99 Å². The van der Waals surface area contributed by atoms with E-state index in [9.17, 15) is 8.42 Å². The average Bonchev–Trinajstić information content (AvgIpc) is 3.08. The second-order valence-corrected chi connectivity index (χ2v) is 7.96. The summed E-state index contributed by atoms with van der Waals surface area (Å²) in [4.78, 5) is 4.47. The number of hydrogen-bond acceptors (Lipinski definition) is 4. The summed E-state index contributed by atoms with van der Waals surface area (Å²) in [5.74, 6) is 0.627. The fourth-order valence-corrected chi connectivity index (χ4v) is 3.63. The molecule has 0 aromatic heterocycles. The van der Waals surface area contributed by atoms with Gasteiger partial charge < -0.3 is 15.4 Å². The van der Waals surface area contributed by atoms with E-state index in [1.165, 1.54) is 18.4 Å². The van der Waals surface area contributed by atoms with Crippen molar-refractivity contribution >= 4 is 16.0 Å². The largest absolute Gasteiger partial charge is 0.376 e. The molecule has 1 aromatic carbocycles. The minimum Gasteiger partial charge on any atom is -0.376 e. The summed E-state index contributed by atoms with van der Waals surface area (Å²) in [6.45, 7) is 1.87. The van der Waals surface area contributed by atoms with Crippen LogP contribution in [0.1, 0.15) is 18.4 Å². The first-order chi connectivity index (χ1) is 11.4. The minimum atomic E-state index is -3.47. The molecule has 8 heteroatoms. The molecule has 1 heterocycles. The molecule has 1 aliphatic rings. The van der Waals surface area contributed by atoms with Crippen molar-refractivity contribution in [2.45, 2.75) is 30.4 Å². The summed E-state index contributed by atoms with van der Waals surface area (Å²) in [5.41, 5.74) is 0.700. The van der Waals surface area contributed by atoms with Gasteiger partial charge in [-0.25, -0.2) is 12.7 Å². The molecule has 24 heavy (non-hydrogen) atoms. The van der Waals surface area contributed by atoms with Crippen LogP contribution in [0.5, 0.6) is 0 Å². The molecule has 134 valence electrons. The van der Waals surface area contributed by atoms with Crippen LogP contribution in [-0.4, -0.2) is 59.1 Å². The van der Waals surface area contributed by atoms with Crippen LogP contribution in [0, 0.1) is 0 Å². The van der Waals surface area contributed by atoms with E-state index in [1.54, 1.807) is 25.2 Å². The number of nitrogens with one attached hydrogen (secondary N) is 2. The van der Waals surface area contributed by atoms with Crippen molar-refractivity contribution in [1.29, 1.82) is 0 Å². The van der Waals surface area contributed by atoms with E-state index in [0.29, 0.717) is 29.5 Å². The molecule has 2 N–H and O–H groups in total. The van der Waals surface area contributed by atoms with Crippen LogP contribution in [0.25, 0.3) is 0 Å². The minimum absolute atomic E-state index is 0.213. The van der Waals surface area contributed by atoms with Crippen molar-refractivity contribution in [3.8, 4) is 0 Å². The number of ether oxygens (including phenoxy) is 1.